The maximum absolute atomic E-state index is 13.8. The van der Waals surface area contributed by atoms with Crippen LogP contribution < -0.4 is 0 Å². The van der Waals surface area contributed by atoms with Gasteiger partial charge in [0.05, 0.1) is 22.6 Å². The van der Waals surface area contributed by atoms with E-state index in [4.69, 9.17) is 4.98 Å². The van der Waals surface area contributed by atoms with Crippen LogP contribution in [0.15, 0.2) is 48.5 Å². The van der Waals surface area contributed by atoms with Crippen molar-refractivity contribution < 1.29 is 9.18 Å². The monoisotopic (exact) mass is 337 g/mol. The Kier molecular flexibility index (Phi) is 3.79. The van der Waals surface area contributed by atoms with Crippen LogP contribution in [0.25, 0.3) is 11.0 Å². The van der Waals surface area contributed by atoms with Crippen molar-refractivity contribution in [2.45, 2.75) is 25.8 Å². The van der Waals surface area contributed by atoms with E-state index >= 15 is 0 Å². The fraction of sp³-hybridized carbons (Fsp3) is 0.300. The molecule has 0 spiro atoms. The molecule has 3 aromatic rings. The molecule has 2 aromatic carbocycles. The van der Waals surface area contributed by atoms with E-state index in [1.165, 1.54) is 12.1 Å². The van der Waals surface area contributed by atoms with Crippen molar-refractivity contribution in [3.05, 3.63) is 65.7 Å². The largest absolute Gasteiger partial charge is 0.334 e. The normalized spacial score (nSPS) is 15.0. The van der Waals surface area contributed by atoms with Crippen LogP contribution in [0.2, 0.25) is 0 Å². The SMILES string of the molecule is CC(C)c1nc2ccccc2n1C1CN(C(=O)c2ccccc2F)C1. The van der Waals surface area contributed by atoms with Crippen molar-refractivity contribution in [1.82, 2.24) is 14.5 Å². The number of carbonyl (C=O) groups is 1. The predicted molar refractivity (Wildman–Crippen MR) is 95.2 cm³/mol. The molecular weight excluding hydrogens is 317 g/mol. The lowest BCUT2D eigenvalue weighted by Crippen LogP contribution is -2.51. The van der Waals surface area contributed by atoms with Gasteiger partial charge in [0.25, 0.3) is 5.91 Å². The predicted octanol–water partition coefficient (Wildman–Crippen LogP) is 4.00. The summed E-state index contributed by atoms with van der Waals surface area (Å²) in [4.78, 5) is 19.0. The van der Waals surface area contributed by atoms with Gasteiger partial charge in [0.15, 0.2) is 0 Å². The zero-order chi connectivity index (χ0) is 17.6. The summed E-state index contributed by atoms with van der Waals surface area (Å²) in [6.07, 6.45) is 0. The number of fused-ring (bicyclic) bond motifs is 1. The third kappa shape index (κ3) is 2.60. The Morgan fingerprint density at radius 3 is 2.52 bits per heavy atom. The summed E-state index contributed by atoms with van der Waals surface area (Å²) in [6, 6.07) is 14.4. The molecule has 0 atom stereocenters. The van der Waals surface area contributed by atoms with E-state index in [1.807, 2.05) is 18.2 Å². The van der Waals surface area contributed by atoms with Crippen LogP contribution in [0.4, 0.5) is 4.39 Å². The molecule has 1 aliphatic heterocycles. The average Bonchev–Trinajstić information content (AvgIpc) is 2.94. The average molecular weight is 337 g/mol. The molecule has 25 heavy (non-hydrogen) atoms. The first kappa shape index (κ1) is 15.8. The van der Waals surface area contributed by atoms with E-state index < -0.39 is 5.82 Å². The number of rotatable bonds is 3. The quantitative estimate of drug-likeness (QED) is 0.725. The molecule has 1 saturated heterocycles. The molecule has 1 aliphatic rings. The summed E-state index contributed by atoms with van der Waals surface area (Å²) in [5.74, 6) is 0.615. The van der Waals surface area contributed by atoms with Crippen molar-refractivity contribution in [3.8, 4) is 0 Å². The number of aromatic nitrogens is 2. The highest BCUT2D eigenvalue weighted by Gasteiger charge is 2.35. The van der Waals surface area contributed by atoms with Crippen LogP contribution in [0.3, 0.4) is 0 Å². The molecule has 1 aromatic heterocycles. The molecule has 0 bridgehead atoms. The molecule has 0 unspecified atom stereocenters. The standard InChI is InChI=1S/C20H20FN3O/c1-13(2)19-22-17-9-5-6-10-18(17)24(19)14-11-23(12-14)20(25)15-7-3-4-8-16(15)21/h3-10,13-14H,11-12H2,1-2H3. The molecule has 5 heteroatoms. The van der Waals surface area contributed by atoms with Gasteiger partial charge in [-0.1, -0.05) is 38.1 Å². The van der Waals surface area contributed by atoms with E-state index in [1.54, 1.807) is 17.0 Å². The third-order valence-electron chi connectivity index (χ3n) is 4.76. The summed E-state index contributed by atoms with van der Waals surface area (Å²) < 4.78 is 16.1. The van der Waals surface area contributed by atoms with E-state index in [9.17, 15) is 9.18 Å². The van der Waals surface area contributed by atoms with Crippen molar-refractivity contribution in [2.24, 2.45) is 0 Å². The second kappa shape index (κ2) is 5.99. The minimum atomic E-state index is -0.466. The van der Waals surface area contributed by atoms with Crippen LogP contribution in [0.1, 0.15) is 42.0 Å². The van der Waals surface area contributed by atoms with Crippen LogP contribution in [-0.2, 0) is 0 Å². The maximum atomic E-state index is 13.8. The summed E-state index contributed by atoms with van der Waals surface area (Å²) in [7, 11) is 0. The molecule has 0 radical (unpaired) electrons. The number of benzene rings is 2. The van der Waals surface area contributed by atoms with Crippen LogP contribution in [0.5, 0.6) is 0 Å². The topological polar surface area (TPSA) is 38.1 Å². The molecule has 0 aliphatic carbocycles. The second-order valence-electron chi connectivity index (χ2n) is 6.83. The smallest absolute Gasteiger partial charge is 0.256 e. The molecule has 4 rings (SSSR count). The van der Waals surface area contributed by atoms with Gasteiger partial charge in [-0.25, -0.2) is 9.37 Å². The Labute approximate surface area is 145 Å². The van der Waals surface area contributed by atoms with Gasteiger partial charge in [-0.2, -0.15) is 0 Å². The van der Waals surface area contributed by atoms with Gasteiger partial charge in [0.2, 0.25) is 0 Å². The number of nitrogens with zero attached hydrogens (tertiary/aromatic N) is 3. The van der Waals surface area contributed by atoms with Crippen molar-refractivity contribution in [3.63, 3.8) is 0 Å². The minimum Gasteiger partial charge on any atom is -0.334 e. The number of hydrogen-bond donors (Lipinski definition) is 0. The summed E-state index contributed by atoms with van der Waals surface area (Å²) in [6.45, 7) is 5.40. The second-order valence-corrected chi connectivity index (χ2v) is 6.83. The Morgan fingerprint density at radius 2 is 1.80 bits per heavy atom. The lowest BCUT2D eigenvalue weighted by Gasteiger charge is -2.41. The molecule has 0 saturated carbocycles. The Bertz CT molecular complexity index is 941. The molecular formula is C20H20FN3O. The van der Waals surface area contributed by atoms with Crippen LogP contribution in [-0.4, -0.2) is 33.4 Å². The Hall–Kier alpha value is -2.69. The number of hydrogen-bond acceptors (Lipinski definition) is 2. The highest BCUT2D eigenvalue weighted by Crippen LogP contribution is 2.31. The van der Waals surface area contributed by atoms with Gasteiger partial charge >= 0.3 is 0 Å². The highest BCUT2D eigenvalue weighted by molar-refractivity contribution is 5.95. The fourth-order valence-electron chi connectivity index (χ4n) is 3.44. The number of halogens is 1. The number of carbonyl (C=O) groups excluding carboxylic acids is 1. The summed E-state index contributed by atoms with van der Waals surface area (Å²) >= 11 is 0. The highest BCUT2D eigenvalue weighted by atomic mass is 19.1. The molecule has 128 valence electrons. The first-order chi connectivity index (χ1) is 12.1. The van der Waals surface area contributed by atoms with Crippen LogP contribution >= 0.6 is 0 Å². The third-order valence-corrected chi connectivity index (χ3v) is 4.76. The van der Waals surface area contributed by atoms with E-state index in [-0.39, 0.29) is 17.5 Å². The minimum absolute atomic E-state index is 0.139. The fourth-order valence-corrected chi connectivity index (χ4v) is 3.44. The van der Waals surface area contributed by atoms with E-state index in [0.29, 0.717) is 19.0 Å². The van der Waals surface area contributed by atoms with E-state index in [2.05, 4.69) is 24.5 Å². The maximum Gasteiger partial charge on any atom is 0.256 e. The lowest BCUT2D eigenvalue weighted by atomic mass is 10.0. The van der Waals surface area contributed by atoms with Gasteiger partial charge in [-0.05, 0) is 24.3 Å². The molecule has 1 fully saturated rings. The van der Waals surface area contributed by atoms with Crippen LogP contribution in [0, 0.1) is 5.82 Å². The zero-order valence-corrected chi connectivity index (χ0v) is 14.3. The number of amides is 1. The van der Waals surface area contributed by atoms with E-state index in [0.717, 1.165) is 16.9 Å². The summed E-state index contributed by atoms with van der Waals surface area (Å²) in [5.41, 5.74) is 2.21. The first-order valence-electron chi connectivity index (χ1n) is 8.57. The zero-order valence-electron chi connectivity index (χ0n) is 14.3. The van der Waals surface area contributed by atoms with Gasteiger partial charge in [0, 0.05) is 19.0 Å². The Balaban J connectivity index is 1.60. The first-order valence-corrected chi connectivity index (χ1v) is 8.57. The molecule has 1 amide bonds. The number of likely N-dealkylation sites (tertiary alicyclic amines) is 1. The van der Waals surface area contributed by atoms with Gasteiger partial charge in [-0.15, -0.1) is 0 Å². The molecule has 4 nitrogen and oxygen atoms in total. The lowest BCUT2D eigenvalue weighted by molar-refractivity contribution is 0.0516. The summed E-state index contributed by atoms with van der Waals surface area (Å²) in [5, 5.41) is 0. The van der Waals surface area contributed by atoms with Crippen molar-refractivity contribution in [2.75, 3.05) is 13.1 Å². The molecule has 0 N–H and O–H groups in total. The van der Waals surface area contributed by atoms with Gasteiger partial charge < -0.3 is 9.47 Å². The van der Waals surface area contributed by atoms with Gasteiger partial charge in [-0.3, -0.25) is 4.79 Å². The van der Waals surface area contributed by atoms with Crippen molar-refractivity contribution >= 4 is 16.9 Å². The Morgan fingerprint density at radius 1 is 1.12 bits per heavy atom. The molecule has 2 heterocycles. The van der Waals surface area contributed by atoms with Gasteiger partial charge in [0.1, 0.15) is 11.6 Å². The number of para-hydroxylation sites is 2. The van der Waals surface area contributed by atoms with Crippen molar-refractivity contribution in [1.29, 1.82) is 0 Å². The number of imidazole rings is 1.